The highest BCUT2D eigenvalue weighted by molar-refractivity contribution is 5.39. The monoisotopic (exact) mass is 221 g/mol. The van der Waals surface area contributed by atoms with E-state index < -0.39 is 0 Å². The molecule has 0 bridgehead atoms. The lowest BCUT2D eigenvalue weighted by atomic mass is 9.89. The van der Waals surface area contributed by atoms with Crippen LogP contribution >= 0.6 is 0 Å². The van der Waals surface area contributed by atoms with Crippen LogP contribution in [0.5, 0.6) is 5.75 Å². The Hall–Kier alpha value is -1.02. The van der Waals surface area contributed by atoms with Crippen molar-refractivity contribution in [1.29, 1.82) is 0 Å². The SMILES string of the molecule is CCCC(N)C(C)c1cc(C)ccc1OC. The zero-order valence-electron chi connectivity index (χ0n) is 10.8. The van der Waals surface area contributed by atoms with Crippen LogP contribution in [0.2, 0.25) is 0 Å². The van der Waals surface area contributed by atoms with Crippen molar-refractivity contribution in [3.05, 3.63) is 29.3 Å². The Morgan fingerprint density at radius 2 is 2.06 bits per heavy atom. The average molecular weight is 221 g/mol. The van der Waals surface area contributed by atoms with Gasteiger partial charge >= 0.3 is 0 Å². The summed E-state index contributed by atoms with van der Waals surface area (Å²) < 4.78 is 5.39. The fourth-order valence-electron chi connectivity index (χ4n) is 2.02. The molecular formula is C14H23NO. The van der Waals surface area contributed by atoms with Crippen LogP contribution in [0.4, 0.5) is 0 Å². The zero-order chi connectivity index (χ0) is 12.1. The molecule has 16 heavy (non-hydrogen) atoms. The van der Waals surface area contributed by atoms with Gasteiger partial charge in [-0.25, -0.2) is 0 Å². The number of nitrogens with two attached hydrogens (primary N) is 1. The molecule has 0 aromatic heterocycles. The Morgan fingerprint density at radius 1 is 1.38 bits per heavy atom. The van der Waals surface area contributed by atoms with Crippen LogP contribution in [-0.2, 0) is 0 Å². The molecule has 0 fully saturated rings. The third-order valence-electron chi connectivity index (χ3n) is 3.14. The molecule has 0 heterocycles. The van der Waals surface area contributed by atoms with Crippen molar-refractivity contribution in [2.24, 2.45) is 5.73 Å². The second-order valence-electron chi connectivity index (χ2n) is 4.49. The van der Waals surface area contributed by atoms with Crippen LogP contribution in [0.1, 0.15) is 43.7 Å². The number of hydrogen-bond acceptors (Lipinski definition) is 2. The van der Waals surface area contributed by atoms with Gasteiger partial charge < -0.3 is 10.5 Å². The minimum atomic E-state index is 0.209. The molecule has 0 spiro atoms. The van der Waals surface area contributed by atoms with E-state index >= 15 is 0 Å². The molecule has 1 rings (SSSR count). The van der Waals surface area contributed by atoms with E-state index in [1.54, 1.807) is 7.11 Å². The van der Waals surface area contributed by atoms with Crippen molar-refractivity contribution in [1.82, 2.24) is 0 Å². The van der Waals surface area contributed by atoms with E-state index in [1.165, 1.54) is 11.1 Å². The van der Waals surface area contributed by atoms with Crippen LogP contribution in [0, 0.1) is 6.92 Å². The van der Waals surface area contributed by atoms with Gasteiger partial charge in [0.25, 0.3) is 0 Å². The number of methoxy groups -OCH3 is 1. The number of hydrogen-bond donors (Lipinski definition) is 1. The number of aryl methyl sites for hydroxylation is 1. The summed E-state index contributed by atoms with van der Waals surface area (Å²) in [5.41, 5.74) is 8.66. The van der Waals surface area contributed by atoms with Gasteiger partial charge in [0.2, 0.25) is 0 Å². The molecule has 0 amide bonds. The van der Waals surface area contributed by atoms with E-state index in [-0.39, 0.29) is 6.04 Å². The molecule has 0 radical (unpaired) electrons. The minimum absolute atomic E-state index is 0.209. The molecule has 2 heteroatoms. The van der Waals surface area contributed by atoms with E-state index in [2.05, 4.69) is 32.9 Å². The third kappa shape index (κ3) is 2.99. The minimum Gasteiger partial charge on any atom is -0.496 e. The van der Waals surface area contributed by atoms with Gasteiger partial charge in [0, 0.05) is 6.04 Å². The lowest BCUT2D eigenvalue weighted by Gasteiger charge is -2.22. The van der Waals surface area contributed by atoms with Gasteiger partial charge in [-0.15, -0.1) is 0 Å². The van der Waals surface area contributed by atoms with Crippen molar-refractivity contribution < 1.29 is 4.74 Å². The van der Waals surface area contributed by atoms with Gasteiger partial charge in [0.05, 0.1) is 7.11 Å². The Bertz CT molecular complexity index is 336. The molecule has 0 aliphatic carbocycles. The Labute approximate surface area is 98.8 Å². The van der Waals surface area contributed by atoms with E-state index in [9.17, 15) is 0 Å². The van der Waals surface area contributed by atoms with Crippen LogP contribution in [0.15, 0.2) is 18.2 Å². The molecule has 90 valence electrons. The molecule has 1 aromatic carbocycles. The van der Waals surface area contributed by atoms with Gasteiger partial charge in [-0.05, 0) is 30.9 Å². The fourth-order valence-corrected chi connectivity index (χ4v) is 2.02. The van der Waals surface area contributed by atoms with Crippen molar-refractivity contribution >= 4 is 0 Å². The van der Waals surface area contributed by atoms with Crippen LogP contribution in [0.3, 0.4) is 0 Å². The molecule has 2 unspecified atom stereocenters. The first-order valence-electron chi connectivity index (χ1n) is 6.00. The van der Waals surface area contributed by atoms with E-state index in [0.29, 0.717) is 5.92 Å². The third-order valence-corrected chi connectivity index (χ3v) is 3.14. The molecule has 0 aliphatic rings. The molecule has 1 aromatic rings. The Morgan fingerprint density at radius 3 is 2.62 bits per heavy atom. The molecule has 2 atom stereocenters. The Balaban J connectivity index is 2.96. The summed E-state index contributed by atoms with van der Waals surface area (Å²) in [7, 11) is 1.71. The lowest BCUT2D eigenvalue weighted by molar-refractivity contribution is 0.400. The predicted molar refractivity (Wildman–Crippen MR) is 69.0 cm³/mol. The summed E-state index contributed by atoms with van der Waals surface area (Å²) in [5.74, 6) is 1.29. The standard InChI is InChI=1S/C14H23NO/c1-5-6-13(15)11(3)12-9-10(2)7-8-14(12)16-4/h7-9,11,13H,5-6,15H2,1-4H3. The molecule has 0 saturated carbocycles. The van der Waals surface area contributed by atoms with E-state index in [4.69, 9.17) is 10.5 Å². The first kappa shape index (κ1) is 13.0. The maximum absolute atomic E-state index is 6.18. The summed E-state index contributed by atoms with van der Waals surface area (Å²) >= 11 is 0. The van der Waals surface area contributed by atoms with E-state index in [1.807, 2.05) is 6.07 Å². The topological polar surface area (TPSA) is 35.2 Å². The van der Waals surface area contributed by atoms with Crippen molar-refractivity contribution in [3.63, 3.8) is 0 Å². The van der Waals surface area contributed by atoms with E-state index in [0.717, 1.165) is 18.6 Å². The molecule has 0 saturated heterocycles. The van der Waals surface area contributed by atoms with Gasteiger partial charge in [-0.1, -0.05) is 38.0 Å². The summed E-state index contributed by atoms with van der Waals surface area (Å²) in [4.78, 5) is 0. The fraction of sp³-hybridized carbons (Fsp3) is 0.571. The lowest BCUT2D eigenvalue weighted by Crippen LogP contribution is -2.26. The molecule has 2 N–H and O–H groups in total. The smallest absolute Gasteiger partial charge is 0.122 e. The van der Waals surface area contributed by atoms with Crippen LogP contribution < -0.4 is 10.5 Å². The van der Waals surface area contributed by atoms with Gasteiger partial charge in [0.15, 0.2) is 0 Å². The van der Waals surface area contributed by atoms with Crippen LogP contribution in [0.25, 0.3) is 0 Å². The molecule has 2 nitrogen and oxygen atoms in total. The quantitative estimate of drug-likeness (QED) is 0.828. The first-order valence-corrected chi connectivity index (χ1v) is 6.00. The van der Waals surface area contributed by atoms with Crippen molar-refractivity contribution in [2.75, 3.05) is 7.11 Å². The van der Waals surface area contributed by atoms with Crippen molar-refractivity contribution in [3.8, 4) is 5.75 Å². The van der Waals surface area contributed by atoms with Gasteiger partial charge in [-0.2, -0.15) is 0 Å². The summed E-state index contributed by atoms with van der Waals surface area (Å²) in [6, 6.07) is 6.49. The number of ether oxygens (including phenoxy) is 1. The normalized spacial score (nSPS) is 14.6. The second-order valence-corrected chi connectivity index (χ2v) is 4.49. The van der Waals surface area contributed by atoms with Crippen LogP contribution in [-0.4, -0.2) is 13.2 Å². The average Bonchev–Trinajstić information content (AvgIpc) is 2.28. The summed E-state index contributed by atoms with van der Waals surface area (Å²) in [6.45, 7) is 6.44. The van der Waals surface area contributed by atoms with Gasteiger partial charge in [0.1, 0.15) is 5.75 Å². The van der Waals surface area contributed by atoms with Crippen molar-refractivity contribution in [2.45, 2.75) is 45.6 Å². The second kappa shape index (κ2) is 5.90. The Kier molecular flexibility index (Phi) is 4.81. The van der Waals surface area contributed by atoms with Gasteiger partial charge in [-0.3, -0.25) is 0 Å². The number of rotatable bonds is 5. The summed E-state index contributed by atoms with van der Waals surface area (Å²) in [6.07, 6.45) is 2.18. The maximum atomic E-state index is 6.18. The largest absolute Gasteiger partial charge is 0.496 e. The highest BCUT2D eigenvalue weighted by Gasteiger charge is 2.17. The molecule has 0 aliphatic heterocycles. The highest BCUT2D eigenvalue weighted by atomic mass is 16.5. The zero-order valence-corrected chi connectivity index (χ0v) is 10.8. The summed E-state index contributed by atoms with van der Waals surface area (Å²) in [5, 5.41) is 0. The predicted octanol–water partition coefficient (Wildman–Crippen LogP) is 3.23. The highest BCUT2D eigenvalue weighted by Crippen LogP contribution is 2.30. The first-order chi connectivity index (χ1) is 7.60. The number of benzene rings is 1. The molecular weight excluding hydrogens is 198 g/mol. The maximum Gasteiger partial charge on any atom is 0.122 e.